The van der Waals surface area contributed by atoms with E-state index in [0.717, 1.165) is 32.7 Å². The van der Waals surface area contributed by atoms with Gasteiger partial charge in [0.25, 0.3) is 11.8 Å². The second-order valence-electron chi connectivity index (χ2n) is 10.1. The molecule has 4 aromatic carbocycles. The highest BCUT2D eigenvalue weighted by Gasteiger charge is 2.35. The average Bonchev–Trinajstić information content (AvgIpc) is 3.43. The van der Waals surface area contributed by atoms with E-state index in [-0.39, 0.29) is 17.3 Å². The van der Waals surface area contributed by atoms with Gasteiger partial charge in [0, 0.05) is 15.7 Å². The fourth-order valence-electron chi connectivity index (χ4n) is 5.24. The fraction of sp³-hybridized carbons (Fsp3) is 0.0556. The zero-order chi connectivity index (χ0) is 31.5. The van der Waals surface area contributed by atoms with E-state index in [1.54, 1.807) is 43.3 Å². The molecule has 1 fully saturated rings. The van der Waals surface area contributed by atoms with E-state index in [2.05, 4.69) is 25.8 Å². The molecule has 6 rings (SSSR count). The van der Waals surface area contributed by atoms with Crippen molar-refractivity contribution in [1.82, 2.24) is 9.88 Å². The van der Waals surface area contributed by atoms with Crippen LogP contribution in [0, 0.1) is 0 Å². The van der Waals surface area contributed by atoms with Gasteiger partial charge < -0.3 is 9.30 Å². The van der Waals surface area contributed by atoms with Crippen LogP contribution in [-0.4, -0.2) is 34.1 Å². The minimum Gasteiger partial charge on any atom is -0.462 e. The minimum absolute atomic E-state index is 0.00719. The van der Waals surface area contributed by atoms with Gasteiger partial charge in [0.05, 0.1) is 29.2 Å². The van der Waals surface area contributed by atoms with Crippen molar-refractivity contribution in [1.29, 1.82) is 0 Å². The Kier molecular flexibility index (Phi) is 8.55. The van der Waals surface area contributed by atoms with Crippen LogP contribution in [0.3, 0.4) is 0 Å². The summed E-state index contributed by atoms with van der Waals surface area (Å²) in [7, 11) is 0. The lowest BCUT2D eigenvalue weighted by molar-refractivity contribution is -0.122. The lowest BCUT2D eigenvalue weighted by atomic mass is 10.0. The van der Waals surface area contributed by atoms with Gasteiger partial charge in [-0.05, 0) is 84.9 Å². The second kappa shape index (κ2) is 12.9. The lowest BCUT2D eigenvalue weighted by Gasteiger charge is -2.29. The standard InChI is InChI=1S/C36H26BrN3O4S/c1-2-44-35(43)25-16-18-28(19-17-25)39-31(23-10-5-3-6-11-23)21-26(32(39)24-12-7-4-8-13-24)20-30-33(41)38-36(45)40(34(30)42)29-15-9-14-27(37)22-29/h3-22H,2H2,1H3,(H,38,41,45)/b30-20-. The molecule has 45 heavy (non-hydrogen) atoms. The van der Waals surface area contributed by atoms with Gasteiger partial charge in [-0.15, -0.1) is 0 Å². The van der Waals surface area contributed by atoms with E-state index < -0.39 is 17.8 Å². The number of anilines is 1. The average molecular weight is 677 g/mol. The van der Waals surface area contributed by atoms with Gasteiger partial charge in [0.2, 0.25) is 0 Å². The number of esters is 1. The first-order valence-electron chi connectivity index (χ1n) is 14.2. The Bertz CT molecular complexity index is 1970. The van der Waals surface area contributed by atoms with Crippen LogP contribution in [0.25, 0.3) is 34.3 Å². The minimum atomic E-state index is -0.581. The van der Waals surface area contributed by atoms with Crippen molar-refractivity contribution in [2.75, 3.05) is 11.5 Å². The SMILES string of the molecule is CCOC(=O)c1ccc(-n2c(-c3ccccc3)cc(/C=C3/C(=O)NC(=S)N(c4cccc(Br)c4)C3=O)c2-c2ccccc2)cc1. The molecule has 2 amide bonds. The van der Waals surface area contributed by atoms with Gasteiger partial charge in [-0.3, -0.25) is 19.8 Å². The first-order valence-corrected chi connectivity index (χ1v) is 15.4. The van der Waals surface area contributed by atoms with Crippen LogP contribution in [0.2, 0.25) is 0 Å². The summed E-state index contributed by atoms with van der Waals surface area (Å²) in [6.07, 6.45) is 1.61. The van der Waals surface area contributed by atoms with E-state index in [1.807, 2.05) is 84.9 Å². The van der Waals surface area contributed by atoms with E-state index in [1.165, 1.54) is 4.90 Å². The maximum atomic E-state index is 13.9. The third-order valence-electron chi connectivity index (χ3n) is 7.25. The Morgan fingerprint density at radius 3 is 2.16 bits per heavy atom. The molecule has 2 heterocycles. The van der Waals surface area contributed by atoms with Crippen LogP contribution in [-0.2, 0) is 14.3 Å². The van der Waals surface area contributed by atoms with Gasteiger partial charge in [-0.2, -0.15) is 0 Å². The first-order chi connectivity index (χ1) is 21.9. The monoisotopic (exact) mass is 675 g/mol. The molecular weight excluding hydrogens is 650 g/mol. The number of amides is 2. The van der Waals surface area contributed by atoms with Crippen LogP contribution >= 0.6 is 28.1 Å². The highest BCUT2D eigenvalue weighted by Crippen LogP contribution is 2.38. The number of nitrogens with one attached hydrogen (secondary N) is 1. The lowest BCUT2D eigenvalue weighted by Crippen LogP contribution is -2.54. The summed E-state index contributed by atoms with van der Waals surface area (Å²) in [5.41, 5.74) is 5.70. The summed E-state index contributed by atoms with van der Waals surface area (Å²) in [6, 6.07) is 35.8. The highest BCUT2D eigenvalue weighted by molar-refractivity contribution is 9.10. The molecule has 1 aliphatic heterocycles. The van der Waals surface area contributed by atoms with Crippen molar-refractivity contribution in [3.63, 3.8) is 0 Å². The van der Waals surface area contributed by atoms with Crippen molar-refractivity contribution in [3.8, 4) is 28.2 Å². The summed E-state index contributed by atoms with van der Waals surface area (Å²) in [5.74, 6) is -1.51. The molecule has 0 spiro atoms. The Balaban J connectivity index is 1.57. The molecule has 0 atom stereocenters. The molecule has 0 saturated carbocycles. The summed E-state index contributed by atoms with van der Waals surface area (Å²) in [5, 5.41) is 2.69. The highest BCUT2D eigenvalue weighted by atomic mass is 79.9. The number of carbonyl (C=O) groups is 3. The number of hydrogen-bond donors (Lipinski definition) is 1. The molecule has 1 saturated heterocycles. The van der Waals surface area contributed by atoms with Crippen molar-refractivity contribution in [3.05, 3.63) is 136 Å². The van der Waals surface area contributed by atoms with Crippen molar-refractivity contribution in [2.24, 2.45) is 0 Å². The van der Waals surface area contributed by atoms with Crippen LogP contribution in [0.4, 0.5) is 5.69 Å². The van der Waals surface area contributed by atoms with E-state index >= 15 is 0 Å². The third kappa shape index (κ3) is 6.00. The second-order valence-corrected chi connectivity index (χ2v) is 11.4. The molecule has 222 valence electrons. The zero-order valence-corrected chi connectivity index (χ0v) is 26.5. The largest absolute Gasteiger partial charge is 0.462 e. The third-order valence-corrected chi connectivity index (χ3v) is 8.03. The molecule has 5 aromatic rings. The van der Waals surface area contributed by atoms with Crippen LogP contribution in [0.1, 0.15) is 22.8 Å². The fourth-order valence-corrected chi connectivity index (χ4v) is 5.91. The zero-order valence-electron chi connectivity index (χ0n) is 24.1. The number of carbonyl (C=O) groups excluding carboxylic acids is 3. The van der Waals surface area contributed by atoms with Crippen LogP contribution < -0.4 is 10.2 Å². The van der Waals surface area contributed by atoms with Gasteiger partial charge in [-0.1, -0.05) is 82.7 Å². The topological polar surface area (TPSA) is 80.6 Å². The number of aromatic nitrogens is 1. The molecule has 0 radical (unpaired) electrons. The van der Waals surface area contributed by atoms with Crippen LogP contribution in [0.5, 0.6) is 0 Å². The number of thiocarbonyl (C=S) groups is 1. The van der Waals surface area contributed by atoms with E-state index in [4.69, 9.17) is 17.0 Å². The summed E-state index contributed by atoms with van der Waals surface area (Å²) in [4.78, 5) is 41.0. The molecule has 1 aromatic heterocycles. The van der Waals surface area contributed by atoms with Crippen molar-refractivity contribution >= 4 is 62.8 Å². The number of halogens is 1. The molecule has 0 aliphatic carbocycles. The Labute approximate surface area is 273 Å². The molecule has 0 bridgehead atoms. The normalized spacial score (nSPS) is 14.0. The van der Waals surface area contributed by atoms with Crippen LogP contribution in [0.15, 0.2) is 125 Å². The number of benzene rings is 4. The van der Waals surface area contributed by atoms with Gasteiger partial charge in [0.1, 0.15) is 5.57 Å². The Morgan fingerprint density at radius 2 is 1.51 bits per heavy atom. The molecular formula is C36H26BrN3O4S. The number of ether oxygens (including phenoxy) is 1. The van der Waals surface area contributed by atoms with Crippen molar-refractivity contribution < 1.29 is 19.1 Å². The summed E-state index contributed by atoms with van der Waals surface area (Å²) >= 11 is 8.87. The maximum Gasteiger partial charge on any atom is 0.338 e. The summed E-state index contributed by atoms with van der Waals surface area (Å²) in [6.45, 7) is 2.05. The number of nitrogens with zero attached hydrogens (tertiary/aromatic N) is 2. The molecule has 1 N–H and O–H groups in total. The quantitative estimate of drug-likeness (QED) is 0.0833. The number of rotatable bonds is 7. The maximum absolute atomic E-state index is 13.9. The molecule has 1 aliphatic rings. The predicted molar refractivity (Wildman–Crippen MR) is 183 cm³/mol. The van der Waals surface area contributed by atoms with E-state index in [9.17, 15) is 14.4 Å². The van der Waals surface area contributed by atoms with Gasteiger partial charge >= 0.3 is 5.97 Å². The predicted octanol–water partition coefficient (Wildman–Crippen LogP) is 7.58. The first kappa shape index (κ1) is 29.9. The number of hydrogen-bond acceptors (Lipinski definition) is 5. The van der Waals surface area contributed by atoms with E-state index in [0.29, 0.717) is 16.8 Å². The molecule has 0 unspecified atom stereocenters. The van der Waals surface area contributed by atoms with Crippen molar-refractivity contribution in [2.45, 2.75) is 6.92 Å². The van der Waals surface area contributed by atoms with Gasteiger partial charge in [-0.25, -0.2) is 4.79 Å². The summed E-state index contributed by atoms with van der Waals surface area (Å²) < 4.78 is 8.01. The smallest absolute Gasteiger partial charge is 0.338 e. The Morgan fingerprint density at radius 1 is 0.844 bits per heavy atom. The molecule has 9 heteroatoms. The molecule has 7 nitrogen and oxygen atoms in total. The van der Waals surface area contributed by atoms with Gasteiger partial charge in [0.15, 0.2) is 5.11 Å². The Hall–Kier alpha value is -5.12.